The maximum Gasteiger partial charge on any atom is 0.127 e. The van der Waals surface area contributed by atoms with Crippen molar-refractivity contribution in [3.63, 3.8) is 0 Å². The third-order valence-corrected chi connectivity index (χ3v) is 21.8. The molecule has 5 N–H and O–H groups in total. The number of ether oxygens (including phenoxy) is 1. The minimum atomic E-state index is -0.590. The van der Waals surface area contributed by atoms with Gasteiger partial charge in [-0.1, -0.05) is 92.1 Å². The van der Waals surface area contributed by atoms with Crippen LogP contribution in [0.15, 0.2) is 211 Å². The van der Waals surface area contributed by atoms with Crippen molar-refractivity contribution in [2.45, 2.75) is 116 Å². The molecule has 0 aliphatic heterocycles. The standard InChI is InChI=1S/C31H29FN2O2.2C25H25FN2O2/c1-31-19-22-20-33-34(25-14-12-24(32)13-15-25)29(22)18-23(31)6-5-9-28(31)30(35)21-10-16-27(17-11-21)36-26-7-3-2-4-8-26;2*1-25-14-17-15-27-28(20-9-7-19(26)8-10-20)23(17)13-18(25)3-2-4-22(25)24(30)16-5-11-21(29)12-6-16/h2-4,7-8,10-18,20,28,30,35H,5-6,9,19H2,1H3;2*5-13,15,22,24,29-30H,2-4,14H2,1H3/t28-,30+,31+;2*22-,24+,25+/m111/s1. The SMILES string of the molecule is C[C@]12Cc3cnn(-c4ccc(F)cc4)c3C=C1CCC[C@@H]2[C@@H](O)c1ccc(O)cc1.C[C@]12Cc3cnn(-c4ccc(F)cc4)c3C=C1CCC[C@@H]2[C@@H](O)c1ccc(O)cc1.C[C@]12Cc3cnn(-c4ccc(F)cc4)c3C=C1CCC[C@@H]2[C@@H](O)c1ccc(Oc2ccccc2)cc1. The lowest BCUT2D eigenvalue weighted by Gasteiger charge is -2.47. The molecule has 3 aromatic heterocycles. The van der Waals surface area contributed by atoms with Crippen molar-refractivity contribution in [3.8, 4) is 40.1 Å². The van der Waals surface area contributed by atoms with E-state index in [9.17, 15) is 38.7 Å². The number of allylic oxidation sites excluding steroid dienone is 3. The second kappa shape index (κ2) is 26.2. The summed E-state index contributed by atoms with van der Waals surface area (Å²) in [5.74, 6) is 1.45. The molecule has 9 atom stereocenters. The van der Waals surface area contributed by atoms with Gasteiger partial charge in [0.15, 0.2) is 0 Å². The molecule has 0 saturated heterocycles. The summed E-state index contributed by atoms with van der Waals surface area (Å²) in [4.78, 5) is 0. The zero-order chi connectivity index (χ0) is 66.5. The molecule has 15 heteroatoms. The molecule has 6 aliphatic rings. The average Bonchev–Trinajstić information content (AvgIpc) is 1.35. The van der Waals surface area contributed by atoms with Crippen LogP contribution in [0.5, 0.6) is 23.0 Å². The van der Waals surface area contributed by atoms with E-state index in [-0.39, 0.29) is 62.9 Å². The fourth-order valence-electron chi connectivity index (χ4n) is 16.5. The van der Waals surface area contributed by atoms with Gasteiger partial charge in [0, 0.05) is 0 Å². The molecule has 10 aromatic rings. The first kappa shape index (κ1) is 63.8. The van der Waals surface area contributed by atoms with Gasteiger partial charge < -0.3 is 30.3 Å². The number of phenols is 2. The number of aliphatic hydroxyl groups is 3. The van der Waals surface area contributed by atoms with Crippen LogP contribution in [0.3, 0.4) is 0 Å². The van der Waals surface area contributed by atoms with E-state index in [1.54, 1.807) is 60.7 Å². The van der Waals surface area contributed by atoms with E-state index in [4.69, 9.17) is 4.74 Å². The largest absolute Gasteiger partial charge is 0.508 e. The van der Waals surface area contributed by atoms with E-state index in [0.29, 0.717) is 0 Å². The number of para-hydroxylation sites is 1. The summed E-state index contributed by atoms with van der Waals surface area (Å²) in [6.07, 6.45) is 22.1. The summed E-state index contributed by atoms with van der Waals surface area (Å²) in [5.41, 5.74) is 15.3. The van der Waals surface area contributed by atoms with Gasteiger partial charge in [-0.25, -0.2) is 27.2 Å². The second-order valence-electron chi connectivity index (χ2n) is 27.6. The predicted molar refractivity (Wildman–Crippen MR) is 366 cm³/mol. The Labute approximate surface area is 557 Å². The molecule has 12 nitrogen and oxygen atoms in total. The predicted octanol–water partition coefficient (Wildman–Crippen LogP) is 17.7. The lowest BCUT2D eigenvalue weighted by atomic mass is 9.57. The fraction of sp³-hybridized carbons (Fsp3) is 0.296. The van der Waals surface area contributed by atoms with E-state index < -0.39 is 18.3 Å². The summed E-state index contributed by atoms with van der Waals surface area (Å²) in [6.45, 7) is 6.80. The fourth-order valence-corrected chi connectivity index (χ4v) is 16.5. The van der Waals surface area contributed by atoms with Crippen molar-refractivity contribution >= 4 is 18.2 Å². The van der Waals surface area contributed by atoms with Gasteiger partial charge in [-0.15, -0.1) is 0 Å². The quantitative estimate of drug-likeness (QED) is 0.0848. The van der Waals surface area contributed by atoms with Gasteiger partial charge in [-0.3, -0.25) is 0 Å². The van der Waals surface area contributed by atoms with E-state index in [0.717, 1.165) is 156 Å². The number of hydrogen-bond donors (Lipinski definition) is 5. The first-order chi connectivity index (χ1) is 46.4. The molecule has 16 rings (SSSR count). The zero-order valence-electron chi connectivity index (χ0n) is 54.1. The van der Waals surface area contributed by atoms with E-state index in [1.807, 2.05) is 111 Å². The molecule has 96 heavy (non-hydrogen) atoms. The molecule has 0 unspecified atom stereocenters. The smallest absolute Gasteiger partial charge is 0.127 e. The summed E-state index contributed by atoms with van der Waals surface area (Å²) >= 11 is 0. The van der Waals surface area contributed by atoms with Crippen LogP contribution in [-0.2, 0) is 19.3 Å². The number of hydrogen-bond acceptors (Lipinski definition) is 9. The molecule has 0 spiro atoms. The number of halogens is 3. The number of nitrogens with zero attached hydrogens (tertiary/aromatic N) is 6. The van der Waals surface area contributed by atoms with E-state index in [1.165, 1.54) is 53.1 Å². The Kier molecular flexibility index (Phi) is 17.4. The second-order valence-corrected chi connectivity index (χ2v) is 27.6. The van der Waals surface area contributed by atoms with Gasteiger partial charge in [0.05, 0.1) is 71.0 Å². The number of benzene rings is 7. The minimum absolute atomic E-state index is 0.0874. The Balaban J connectivity index is 0.000000125. The van der Waals surface area contributed by atoms with Crippen molar-refractivity contribution in [1.82, 2.24) is 29.3 Å². The van der Waals surface area contributed by atoms with E-state index >= 15 is 0 Å². The number of aromatic nitrogens is 6. The number of aromatic hydroxyl groups is 2. The lowest BCUT2D eigenvalue weighted by molar-refractivity contribution is 0.0215. The first-order valence-corrected chi connectivity index (χ1v) is 33.5. The minimum Gasteiger partial charge on any atom is -0.508 e. The molecule has 490 valence electrons. The lowest BCUT2D eigenvalue weighted by Crippen LogP contribution is -2.40. The molecule has 6 aliphatic carbocycles. The molecule has 3 fully saturated rings. The molecule has 0 radical (unpaired) electrons. The van der Waals surface area contributed by atoms with Crippen molar-refractivity contribution in [1.29, 1.82) is 0 Å². The van der Waals surface area contributed by atoms with Crippen molar-refractivity contribution in [2.75, 3.05) is 0 Å². The van der Waals surface area contributed by atoms with Gasteiger partial charge in [-0.05, 0) is 284 Å². The first-order valence-electron chi connectivity index (χ1n) is 33.5. The maximum absolute atomic E-state index is 13.4. The summed E-state index contributed by atoms with van der Waals surface area (Å²) in [6, 6.07) is 50.5. The molecule has 0 amide bonds. The molecule has 3 heterocycles. The van der Waals surface area contributed by atoms with Crippen LogP contribution in [0.1, 0.15) is 147 Å². The monoisotopic (exact) mass is 1290 g/mol. The van der Waals surface area contributed by atoms with Crippen LogP contribution < -0.4 is 4.74 Å². The Morgan fingerprint density at radius 3 is 1.00 bits per heavy atom. The number of aliphatic hydroxyl groups excluding tert-OH is 3. The Hall–Kier alpha value is -9.54. The van der Waals surface area contributed by atoms with Crippen LogP contribution in [0, 0.1) is 51.5 Å². The van der Waals surface area contributed by atoms with Crippen molar-refractivity contribution in [3.05, 3.63) is 279 Å². The highest BCUT2D eigenvalue weighted by Gasteiger charge is 2.49. The van der Waals surface area contributed by atoms with Gasteiger partial charge in [0.1, 0.15) is 40.4 Å². The normalized spacial score (nSPS) is 23.1. The Morgan fingerprint density at radius 2 is 0.688 bits per heavy atom. The maximum atomic E-state index is 13.4. The summed E-state index contributed by atoms with van der Waals surface area (Å²) < 4.78 is 51.7. The third-order valence-electron chi connectivity index (χ3n) is 21.8. The Bertz CT molecular complexity index is 4330. The van der Waals surface area contributed by atoms with Crippen LogP contribution in [0.2, 0.25) is 0 Å². The highest BCUT2D eigenvalue weighted by Crippen LogP contribution is 2.58. The summed E-state index contributed by atoms with van der Waals surface area (Å²) in [5, 5.41) is 67.0. The average molecular weight is 1290 g/mol. The van der Waals surface area contributed by atoms with Crippen LogP contribution in [0.25, 0.3) is 35.3 Å². The van der Waals surface area contributed by atoms with Crippen LogP contribution in [-0.4, -0.2) is 54.9 Å². The molecular weight excluding hydrogens is 1210 g/mol. The van der Waals surface area contributed by atoms with Gasteiger partial charge in [0.2, 0.25) is 0 Å². The molecular formula is C81H79F3N6O6. The number of fused-ring (bicyclic) bond motifs is 6. The number of phenolic OH excluding ortho intramolecular Hbond substituents is 2. The molecule has 0 bridgehead atoms. The highest BCUT2D eigenvalue weighted by molar-refractivity contribution is 5.64. The molecule has 3 saturated carbocycles. The van der Waals surface area contributed by atoms with Gasteiger partial charge in [0.25, 0.3) is 0 Å². The van der Waals surface area contributed by atoms with Crippen molar-refractivity contribution in [2.24, 2.45) is 34.0 Å². The summed E-state index contributed by atoms with van der Waals surface area (Å²) in [7, 11) is 0. The van der Waals surface area contributed by atoms with Gasteiger partial charge in [-0.2, -0.15) is 15.3 Å². The number of rotatable bonds is 11. The third kappa shape index (κ3) is 12.3. The van der Waals surface area contributed by atoms with Crippen LogP contribution >= 0.6 is 0 Å². The molecule has 7 aromatic carbocycles. The zero-order valence-corrected chi connectivity index (χ0v) is 54.1. The van der Waals surface area contributed by atoms with Gasteiger partial charge >= 0.3 is 0 Å². The topological polar surface area (TPSA) is 164 Å². The van der Waals surface area contributed by atoms with Crippen molar-refractivity contribution < 1.29 is 43.4 Å². The van der Waals surface area contributed by atoms with E-state index in [2.05, 4.69) is 54.3 Å². The highest BCUT2D eigenvalue weighted by atomic mass is 19.1. The van der Waals surface area contributed by atoms with Crippen LogP contribution in [0.4, 0.5) is 13.2 Å². The Morgan fingerprint density at radius 1 is 0.396 bits per heavy atom.